The van der Waals surface area contributed by atoms with Crippen LogP contribution in [0.4, 0.5) is 37.0 Å². The van der Waals surface area contributed by atoms with Gasteiger partial charge >= 0.3 is 18.4 Å². The molecule has 6 rings (SSSR count). The van der Waals surface area contributed by atoms with Crippen molar-refractivity contribution in [2.75, 3.05) is 18.2 Å². The van der Waals surface area contributed by atoms with Crippen LogP contribution < -0.4 is 11.5 Å². The first-order valence-electron chi connectivity index (χ1n) is 14.0. The summed E-state index contributed by atoms with van der Waals surface area (Å²) in [4.78, 5) is 37.9. The van der Waals surface area contributed by atoms with Gasteiger partial charge in [0.15, 0.2) is 11.4 Å². The number of nitrogen functional groups attached to an aromatic ring is 1. The molecular weight excluding hydrogens is 630 g/mol. The Morgan fingerprint density at radius 2 is 1.69 bits per heavy atom. The summed E-state index contributed by atoms with van der Waals surface area (Å²) in [5.74, 6) is -0.165. The fourth-order valence-corrected chi connectivity index (χ4v) is 7.50. The van der Waals surface area contributed by atoms with E-state index < -0.39 is 23.6 Å². The van der Waals surface area contributed by atoms with E-state index >= 15 is 0 Å². The molecule has 0 saturated carbocycles. The lowest BCUT2D eigenvalue weighted by atomic mass is 9.85. The number of anilines is 1. The number of piperidine rings is 1. The predicted molar refractivity (Wildman–Crippen MR) is 150 cm³/mol. The number of aliphatic hydroxyl groups is 1. The topological polar surface area (TPSA) is 156 Å². The fourth-order valence-electron chi connectivity index (χ4n) is 6.63. The number of fused-ring (bicyclic) bond motifs is 3. The van der Waals surface area contributed by atoms with Gasteiger partial charge in [0, 0.05) is 41.9 Å². The van der Waals surface area contributed by atoms with Crippen molar-refractivity contribution in [3.05, 3.63) is 41.5 Å². The first-order chi connectivity index (χ1) is 21.0. The third-order valence-corrected chi connectivity index (χ3v) is 9.82. The smallest absolute Gasteiger partial charge is 0.383 e. The van der Waals surface area contributed by atoms with Crippen molar-refractivity contribution in [3.63, 3.8) is 0 Å². The van der Waals surface area contributed by atoms with Crippen molar-refractivity contribution in [2.45, 2.75) is 73.9 Å². The minimum atomic E-state index is -6.09. The highest BCUT2D eigenvalue weighted by atomic mass is 32.2. The first kappa shape index (κ1) is 31.3. The maximum absolute atomic E-state index is 13.4. The number of ketones is 1. The Hall–Kier alpha value is -3.64. The van der Waals surface area contributed by atoms with Gasteiger partial charge < -0.3 is 26.4 Å². The fraction of sp³-hybridized carbons (Fsp3) is 0.519. The number of aromatic nitrogens is 4. The lowest BCUT2D eigenvalue weighted by molar-refractivity contribution is -0.377. The van der Waals surface area contributed by atoms with Gasteiger partial charge in [-0.2, -0.15) is 36.0 Å². The van der Waals surface area contributed by atoms with Crippen LogP contribution in [0.3, 0.4) is 0 Å². The minimum absolute atomic E-state index is 0.0317. The molecule has 242 valence electrons. The van der Waals surface area contributed by atoms with Crippen molar-refractivity contribution >= 4 is 35.0 Å². The highest BCUT2D eigenvalue weighted by Crippen LogP contribution is 2.50. The summed E-state index contributed by atoms with van der Waals surface area (Å²) in [5, 5.41) is 13.7. The van der Waals surface area contributed by atoms with E-state index in [0.29, 0.717) is 37.0 Å². The molecule has 3 aromatic rings. The van der Waals surface area contributed by atoms with Gasteiger partial charge in [-0.1, -0.05) is 6.07 Å². The van der Waals surface area contributed by atoms with Gasteiger partial charge in [0.1, 0.15) is 5.82 Å². The molecule has 0 spiro atoms. The number of rotatable bonds is 4. The standard InChI is InChI=1S/C27H28F6N8O3S/c1-12(42)20-21(14-6-15-3-4-16(7-14)40(15)24(43)39-10-19(34)45-11-39)38-23-17(9-37-41(23)22(20)35)13-2-5-18(36-8-13)25(44,26(28,29)30)27(31,32)33/h2,5,8-9,14-16,19,44H,3-4,6-7,10-11,34-35H2,1H3/t14?,15-,16+,19?. The van der Waals surface area contributed by atoms with E-state index in [0.717, 1.165) is 25.1 Å². The number of Topliss-reactive ketones (excluding diaryl/α,β-unsaturated/α-hetero) is 1. The molecule has 11 nitrogen and oxygen atoms in total. The number of pyridine rings is 1. The molecule has 2 unspecified atom stereocenters. The largest absolute Gasteiger partial charge is 0.432 e. The summed E-state index contributed by atoms with van der Waals surface area (Å²) in [5.41, 5.74) is 6.42. The monoisotopic (exact) mass is 658 g/mol. The average molecular weight is 659 g/mol. The number of nitrogens with two attached hydrogens (primary N) is 2. The maximum Gasteiger partial charge on any atom is 0.432 e. The number of carbonyl (C=O) groups is 2. The van der Waals surface area contributed by atoms with Gasteiger partial charge in [-0.05, 0) is 38.7 Å². The van der Waals surface area contributed by atoms with Crippen LogP contribution in [0.2, 0.25) is 0 Å². The molecule has 2 amide bonds. The van der Waals surface area contributed by atoms with E-state index in [4.69, 9.17) is 16.5 Å². The number of amides is 2. The maximum atomic E-state index is 13.4. The molecule has 3 fully saturated rings. The Morgan fingerprint density at radius 1 is 1.04 bits per heavy atom. The summed E-state index contributed by atoms with van der Waals surface area (Å²) in [6, 6.07) is 1.08. The lowest BCUT2D eigenvalue weighted by Gasteiger charge is -2.40. The number of halogens is 6. The third-order valence-electron chi connectivity index (χ3n) is 8.78. The number of alkyl halides is 6. The summed E-state index contributed by atoms with van der Waals surface area (Å²) < 4.78 is 81.3. The highest BCUT2D eigenvalue weighted by Gasteiger charge is 2.72. The van der Waals surface area contributed by atoms with Gasteiger partial charge in [-0.25, -0.2) is 9.78 Å². The molecule has 2 bridgehead atoms. The quantitative estimate of drug-likeness (QED) is 0.279. The Labute approximate surface area is 255 Å². The molecule has 4 atom stereocenters. The van der Waals surface area contributed by atoms with E-state index in [-0.39, 0.29) is 63.3 Å². The Kier molecular flexibility index (Phi) is 7.47. The van der Waals surface area contributed by atoms with Crippen molar-refractivity contribution in [3.8, 4) is 11.1 Å². The van der Waals surface area contributed by atoms with E-state index in [9.17, 15) is 41.0 Å². The number of urea groups is 1. The Morgan fingerprint density at radius 3 is 2.20 bits per heavy atom. The van der Waals surface area contributed by atoms with E-state index in [1.807, 2.05) is 4.90 Å². The second-order valence-electron chi connectivity index (χ2n) is 11.5. The van der Waals surface area contributed by atoms with Crippen LogP contribution in [0.1, 0.15) is 60.3 Å². The van der Waals surface area contributed by atoms with E-state index in [2.05, 4.69) is 10.1 Å². The molecule has 3 aliphatic heterocycles. The first-order valence-corrected chi connectivity index (χ1v) is 15.0. The molecule has 5 N–H and O–H groups in total. The number of thioether (sulfide) groups is 1. The summed E-state index contributed by atoms with van der Waals surface area (Å²) >= 11 is 1.50. The van der Waals surface area contributed by atoms with E-state index in [1.165, 1.54) is 29.4 Å². The van der Waals surface area contributed by atoms with Crippen molar-refractivity contribution in [1.29, 1.82) is 0 Å². The van der Waals surface area contributed by atoms with Crippen LogP contribution in [0.15, 0.2) is 24.5 Å². The SMILES string of the molecule is CC(=O)c1c(C2C[C@H]3CC[C@@H](C2)N3C(=O)N2CSC(N)C2)nc2c(-c3ccc(C(O)(C(F)(F)F)C(F)(F)F)nc3)cnn2c1N. The average Bonchev–Trinajstić information content (AvgIpc) is 3.66. The molecule has 45 heavy (non-hydrogen) atoms. The zero-order chi connectivity index (χ0) is 32.6. The zero-order valence-corrected chi connectivity index (χ0v) is 24.5. The van der Waals surface area contributed by atoms with Crippen LogP contribution in [0, 0.1) is 0 Å². The van der Waals surface area contributed by atoms with Crippen LogP contribution in [0.5, 0.6) is 0 Å². The number of carbonyl (C=O) groups excluding carboxylic acids is 2. The number of nitrogens with zero attached hydrogens (tertiary/aromatic N) is 6. The molecule has 0 radical (unpaired) electrons. The number of hydrogen-bond donors (Lipinski definition) is 3. The molecular formula is C27H28F6N8O3S. The Bertz CT molecular complexity index is 1640. The molecule has 6 heterocycles. The number of hydrogen-bond acceptors (Lipinski definition) is 9. The molecule has 3 aliphatic rings. The van der Waals surface area contributed by atoms with Crippen LogP contribution in [-0.4, -0.2) is 88.5 Å². The molecule has 3 saturated heterocycles. The summed E-state index contributed by atoms with van der Waals surface area (Å²) in [6.45, 7) is 1.79. The van der Waals surface area contributed by atoms with Crippen molar-refractivity contribution in [1.82, 2.24) is 29.4 Å². The summed E-state index contributed by atoms with van der Waals surface area (Å²) in [7, 11) is 0. The zero-order valence-electron chi connectivity index (χ0n) is 23.6. The highest BCUT2D eigenvalue weighted by molar-refractivity contribution is 8.00. The van der Waals surface area contributed by atoms with Gasteiger partial charge in [0.05, 0.1) is 34.4 Å². The second kappa shape index (κ2) is 10.7. The van der Waals surface area contributed by atoms with Gasteiger partial charge in [-0.3, -0.25) is 9.78 Å². The predicted octanol–water partition coefficient (Wildman–Crippen LogP) is 4.01. The van der Waals surface area contributed by atoms with Gasteiger partial charge in [0.25, 0.3) is 5.60 Å². The molecule has 18 heteroatoms. The molecule has 0 aliphatic carbocycles. The minimum Gasteiger partial charge on any atom is -0.383 e. The second-order valence-corrected chi connectivity index (χ2v) is 12.7. The van der Waals surface area contributed by atoms with Crippen LogP contribution >= 0.6 is 11.8 Å². The van der Waals surface area contributed by atoms with Crippen LogP contribution in [-0.2, 0) is 5.60 Å². The molecule has 0 aromatic carbocycles. The lowest BCUT2D eigenvalue weighted by Crippen LogP contribution is -2.54. The Balaban J connectivity index is 1.36. The van der Waals surface area contributed by atoms with Gasteiger partial charge in [-0.15, -0.1) is 11.8 Å². The van der Waals surface area contributed by atoms with Gasteiger partial charge in [0.2, 0.25) is 0 Å². The van der Waals surface area contributed by atoms with Crippen molar-refractivity contribution < 1.29 is 41.0 Å². The van der Waals surface area contributed by atoms with E-state index in [1.54, 1.807) is 4.90 Å². The normalized spacial score (nSPS) is 24.1. The third kappa shape index (κ3) is 4.97. The summed E-state index contributed by atoms with van der Waals surface area (Å²) in [6.07, 6.45) is -7.62. The van der Waals surface area contributed by atoms with Crippen LogP contribution in [0.25, 0.3) is 16.8 Å². The van der Waals surface area contributed by atoms with Crippen molar-refractivity contribution in [2.24, 2.45) is 5.73 Å². The molecule has 3 aromatic heterocycles.